The Hall–Kier alpha value is -0.174. The zero-order chi connectivity index (χ0) is 11.6. The monoisotopic (exact) mass is 274 g/mol. The fourth-order valence-corrected chi connectivity index (χ4v) is 1.49. The molecule has 0 amide bonds. The van der Waals surface area contributed by atoms with Gasteiger partial charge in [-0.2, -0.15) is 0 Å². The molecule has 2 rings (SSSR count). The summed E-state index contributed by atoms with van der Waals surface area (Å²) in [6.45, 7) is 0. The zero-order valence-corrected chi connectivity index (χ0v) is 12.2. The molecule has 0 aliphatic carbocycles. The van der Waals surface area contributed by atoms with E-state index in [1.165, 1.54) is 0 Å². The molecule has 2 aromatic carbocycles. The van der Waals surface area contributed by atoms with Crippen molar-refractivity contribution in [3.05, 3.63) is 60.7 Å². The average Bonchev–Trinajstić information content (AvgIpc) is 2.41. The molecule has 17 heavy (non-hydrogen) atoms. The van der Waals surface area contributed by atoms with Gasteiger partial charge in [-0.3, -0.25) is 0 Å². The van der Waals surface area contributed by atoms with Crippen molar-refractivity contribution in [2.24, 2.45) is 0 Å². The molecular formula is C12H10MgO2S2. The van der Waals surface area contributed by atoms with Crippen LogP contribution in [-0.4, -0.2) is 32.2 Å². The van der Waals surface area contributed by atoms with E-state index >= 15 is 0 Å². The van der Waals surface area contributed by atoms with Gasteiger partial charge in [0, 0.05) is 0 Å². The maximum Gasteiger partial charge on any atom is 2.00 e. The van der Waals surface area contributed by atoms with Gasteiger partial charge in [-0.1, -0.05) is 36.4 Å². The molecule has 0 atom stereocenters. The fourth-order valence-electron chi connectivity index (χ4n) is 0.952. The molecule has 0 unspecified atom stereocenters. The quantitative estimate of drug-likeness (QED) is 0.622. The predicted molar refractivity (Wildman–Crippen MR) is 71.9 cm³/mol. The van der Waals surface area contributed by atoms with E-state index in [0.717, 1.165) is 9.79 Å². The Bertz CT molecular complexity index is 345. The summed E-state index contributed by atoms with van der Waals surface area (Å²) < 4.78 is 20.1. The third-order valence-electron chi connectivity index (χ3n) is 1.68. The summed E-state index contributed by atoms with van der Waals surface area (Å²) in [4.78, 5) is 1.54. The second-order valence-corrected chi connectivity index (χ2v) is 4.07. The molecule has 5 heteroatoms. The van der Waals surface area contributed by atoms with Crippen LogP contribution in [0, 0.1) is 0 Å². The third-order valence-corrected chi connectivity index (χ3v) is 2.61. The molecular weight excluding hydrogens is 265 g/mol. The number of benzene rings is 2. The molecule has 2 aromatic rings. The SMILES string of the molecule is [Mg+2].[O-]Sc1ccccc1.[O-]Sc1ccccc1. The predicted octanol–water partition coefficient (Wildman–Crippen LogP) is 3.44. The summed E-state index contributed by atoms with van der Waals surface area (Å²) in [6.07, 6.45) is 0. The molecule has 0 radical (unpaired) electrons. The summed E-state index contributed by atoms with van der Waals surface area (Å²) in [7, 11) is 0. The van der Waals surface area contributed by atoms with E-state index < -0.39 is 0 Å². The van der Waals surface area contributed by atoms with E-state index in [1.54, 1.807) is 24.3 Å². The van der Waals surface area contributed by atoms with Gasteiger partial charge in [0.1, 0.15) is 0 Å². The van der Waals surface area contributed by atoms with Crippen molar-refractivity contribution >= 4 is 47.1 Å². The van der Waals surface area contributed by atoms with Crippen LogP contribution in [0.2, 0.25) is 0 Å². The van der Waals surface area contributed by atoms with E-state index in [4.69, 9.17) is 0 Å². The first kappa shape index (κ1) is 16.8. The van der Waals surface area contributed by atoms with Crippen LogP contribution in [0.1, 0.15) is 0 Å². The summed E-state index contributed by atoms with van der Waals surface area (Å²) in [5.41, 5.74) is 0. The standard InChI is InChI=1S/2C6H6OS.Mg/c2*7-8-6-4-2-1-3-5-6;/h2*1-5,7H;/q;;+2/p-2. The molecule has 0 aromatic heterocycles. The zero-order valence-electron chi connectivity index (χ0n) is 9.11. The van der Waals surface area contributed by atoms with Crippen molar-refractivity contribution in [3.8, 4) is 0 Å². The van der Waals surface area contributed by atoms with Gasteiger partial charge in [0.2, 0.25) is 0 Å². The van der Waals surface area contributed by atoms with Gasteiger partial charge >= 0.3 is 23.1 Å². The summed E-state index contributed by atoms with van der Waals surface area (Å²) in [5, 5.41) is 0. The largest absolute Gasteiger partial charge is 2.00 e. The molecule has 0 bridgehead atoms. The smallest absolute Gasteiger partial charge is 0.795 e. The Balaban J connectivity index is 0.000000284. The number of hydrogen-bond acceptors (Lipinski definition) is 4. The van der Waals surface area contributed by atoms with Gasteiger partial charge < -0.3 is 9.11 Å². The van der Waals surface area contributed by atoms with Crippen LogP contribution in [-0.2, 0) is 0 Å². The maximum atomic E-state index is 10.0. The Morgan fingerprint density at radius 3 is 1.06 bits per heavy atom. The fraction of sp³-hybridized carbons (Fsp3) is 0. The minimum atomic E-state index is 0. The van der Waals surface area contributed by atoms with Crippen molar-refractivity contribution in [1.82, 2.24) is 0 Å². The third kappa shape index (κ3) is 7.70. The van der Waals surface area contributed by atoms with E-state index in [-0.39, 0.29) is 23.1 Å². The summed E-state index contributed by atoms with van der Waals surface area (Å²) in [5.74, 6) is 0. The molecule has 0 saturated carbocycles. The van der Waals surface area contributed by atoms with Crippen molar-refractivity contribution in [3.63, 3.8) is 0 Å². The molecule has 2 nitrogen and oxygen atoms in total. The number of rotatable bonds is 2. The normalized spacial score (nSPS) is 8.59. The van der Waals surface area contributed by atoms with Crippen LogP contribution in [0.25, 0.3) is 0 Å². The molecule has 0 spiro atoms. The second-order valence-electron chi connectivity index (χ2n) is 2.79. The Kier molecular flexibility index (Phi) is 10.8. The van der Waals surface area contributed by atoms with E-state index in [0.29, 0.717) is 24.1 Å². The second kappa shape index (κ2) is 10.9. The van der Waals surface area contributed by atoms with Gasteiger partial charge in [0.05, 0.1) is 0 Å². The summed E-state index contributed by atoms with van der Waals surface area (Å²) in [6, 6.07) is 18.3. The van der Waals surface area contributed by atoms with Crippen LogP contribution in [0.3, 0.4) is 0 Å². The number of hydrogen-bond donors (Lipinski definition) is 0. The van der Waals surface area contributed by atoms with Crippen LogP contribution >= 0.6 is 24.1 Å². The Labute approximate surface area is 126 Å². The van der Waals surface area contributed by atoms with Crippen LogP contribution in [0.4, 0.5) is 0 Å². The van der Waals surface area contributed by atoms with Gasteiger partial charge in [-0.05, 0) is 34.1 Å². The van der Waals surface area contributed by atoms with E-state index in [2.05, 4.69) is 0 Å². The average molecular weight is 275 g/mol. The van der Waals surface area contributed by atoms with Crippen molar-refractivity contribution in [1.29, 1.82) is 0 Å². The van der Waals surface area contributed by atoms with Gasteiger partial charge in [0.25, 0.3) is 0 Å². The first-order chi connectivity index (χ1) is 7.86. The van der Waals surface area contributed by atoms with Gasteiger partial charge in [-0.25, -0.2) is 24.1 Å². The molecule has 0 aliphatic rings. The first-order valence-corrected chi connectivity index (χ1v) is 6.05. The van der Waals surface area contributed by atoms with Crippen LogP contribution in [0.15, 0.2) is 70.5 Å². The minimum Gasteiger partial charge on any atom is -0.795 e. The molecule has 0 saturated heterocycles. The van der Waals surface area contributed by atoms with E-state index in [9.17, 15) is 9.11 Å². The van der Waals surface area contributed by atoms with Crippen LogP contribution < -0.4 is 0 Å². The van der Waals surface area contributed by atoms with E-state index in [1.807, 2.05) is 36.4 Å². The molecule has 84 valence electrons. The first-order valence-electron chi connectivity index (χ1n) is 4.56. The van der Waals surface area contributed by atoms with Crippen molar-refractivity contribution in [2.75, 3.05) is 0 Å². The van der Waals surface area contributed by atoms with Gasteiger partial charge in [0.15, 0.2) is 0 Å². The van der Waals surface area contributed by atoms with Crippen molar-refractivity contribution < 1.29 is 9.11 Å². The Morgan fingerprint density at radius 1 is 0.588 bits per heavy atom. The van der Waals surface area contributed by atoms with Gasteiger partial charge in [-0.15, -0.1) is 0 Å². The minimum absolute atomic E-state index is 0. The maximum absolute atomic E-state index is 10.0. The van der Waals surface area contributed by atoms with Crippen LogP contribution in [0.5, 0.6) is 0 Å². The molecule has 0 fully saturated rings. The summed E-state index contributed by atoms with van der Waals surface area (Å²) >= 11 is 1.04. The topological polar surface area (TPSA) is 46.1 Å². The van der Waals surface area contributed by atoms with Crippen molar-refractivity contribution in [2.45, 2.75) is 9.79 Å². The molecule has 0 aliphatic heterocycles. The molecule has 0 heterocycles. The Morgan fingerprint density at radius 2 is 0.882 bits per heavy atom. The molecule has 0 N–H and O–H groups in total.